The number of likely N-dealkylation sites (tertiary alicyclic amines) is 1. The molecule has 1 saturated heterocycles. The van der Waals surface area contributed by atoms with Crippen molar-refractivity contribution in [2.75, 3.05) is 11.9 Å². The van der Waals surface area contributed by atoms with E-state index < -0.39 is 0 Å². The Bertz CT molecular complexity index is 895. The molecule has 6 heteroatoms. The van der Waals surface area contributed by atoms with Gasteiger partial charge in [-0.15, -0.1) is 11.3 Å². The van der Waals surface area contributed by atoms with Crippen molar-refractivity contribution >= 4 is 39.0 Å². The van der Waals surface area contributed by atoms with Crippen molar-refractivity contribution in [3.05, 3.63) is 69.5 Å². The van der Waals surface area contributed by atoms with Gasteiger partial charge in [-0.05, 0) is 37.1 Å². The number of amides is 2. The van der Waals surface area contributed by atoms with Crippen LogP contribution in [0.3, 0.4) is 0 Å². The minimum Gasteiger partial charge on any atom is -0.315 e. The zero-order valence-corrected chi connectivity index (χ0v) is 16.5. The molecule has 2 aromatic carbocycles. The molecule has 0 aliphatic carbocycles. The minimum absolute atomic E-state index is 0.0490. The molecule has 2 heterocycles. The van der Waals surface area contributed by atoms with Gasteiger partial charge in [-0.1, -0.05) is 46.3 Å². The third-order valence-corrected chi connectivity index (χ3v) is 5.96. The Labute approximate surface area is 165 Å². The molecule has 1 aliphatic rings. The van der Waals surface area contributed by atoms with Crippen LogP contribution in [0.2, 0.25) is 0 Å². The van der Waals surface area contributed by atoms with Gasteiger partial charge >= 0.3 is 6.03 Å². The normalized spacial score (nSPS) is 16.7. The van der Waals surface area contributed by atoms with Crippen molar-refractivity contribution < 1.29 is 4.79 Å². The van der Waals surface area contributed by atoms with Gasteiger partial charge in [0.05, 0.1) is 11.7 Å². The lowest BCUT2D eigenvalue weighted by Gasteiger charge is -2.23. The standard InChI is InChI=1S/C20H18BrN3OS/c21-15-8-10-16(11-9-15)22-20(25)24-12-4-7-18(24)19-23-17(13-26-19)14-5-2-1-3-6-14/h1-3,5-6,8-11,13,18H,4,7,12H2,(H,22,25)/t18-/m0/s1. The Morgan fingerprint density at radius 3 is 2.69 bits per heavy atom. The predicted octanol–water partition coefficient (Wildman–Crippen LogP) is 5.94. The molecule has 0 bridgehead atoms. The Kier molecular flexibility index (Phi) is 5.04. The number of aromatic nitrogens is 1. The molecule has 4 rings (SSSR count). The van der Waals surface area contributed by atoms with E-state index in [9.17, 15) is 4.79 Å². The Balaban J connectivity index is 1.50. The molecular weight excluding hydrogens is 410 g/mol. The number of carbonyl (C=O) groups excluding carboxylic acids is 1. The first-order valence-corrected chi connectivity index (χ1v) is 10.2. The quantitative estimate of drug-likeness (QED) is 0.561. The average Bonchev–Trinajstić information content (AvgIpc) is 3.33. The molecule has 1 atom stereocenters. The molecule has 0 saturated carbocycles. The molecule has 1 aliphatic heterocycles. The molecule has 1 aromatic heterocycles. The second kappa shape index (κ2) is 7.60. The van der Waals surface area contributed by atoms with Gasteiger partial charge in [-0.2, -0.15) is 0 Å². The number of nitrogens with zero attached hydrogens (tertiary/aromatic N) is 2. The van der Waals surface area contributed by atoms with E-state index in [0.29, 0.717) is 0 Å². The van der Waals surface area contributed by atoms with E-state index in [0.717, 1.165) is 45.8 Å². The number of anilines is 1. The van der Waals surface area contributed by atoms with Crippen LogP contribution in [-0.4, -0.2) is 22.5 Å². The SMILES string of the molecule is O=C(Nc1ccc(Br)cc1)N1CCC[C@H]1c1nc(-c2ccccc2)cs1. The maximum Gasteiger partial charge on any atom is 0.322 e. The maximum atomic E-state index is 12.7. The topological polar surface area (TPSA) is 45.2 Å². The highest BCUT2D eigenvalue weighted by molar-refractivity contribution is 9.10. The fourth-order valence-electron chi connectivity index (χ4n) is 3.18. The number of rotatable bonds is 3. The Hall–Kier alpha value is -2.18. The van der Waals surface area contributed by atoms with Gasteiger partial charge in [-0.25, -0.2) is 9.78 Å². The van der Waals surface area contributed by atoms with Crippen molar-refractivity contribution in [3.8, 4) is 11.3 Å². The molecule has 4 nitrogen and oxygen atoms in total. The monoisotopic (exact) mass is 427 g/mol. The van der Waals surface area contributed by atoms with Gasteiger partial charge in [-0.3, -0.25) is 0 Å². The fourth-order valence-corrected chi connectivity index (χ4v) is 4.42. The highest BCUT2D eigenvalue weighted by Crippen LogP contribution is 2.36. The van der Waals surface area contributed by atoms with E-state index in [-0.39, 0.29) is 12.1 Å². The van der Waals surface area contributed by atoms with Crippen LogP contribution in [0.15, 0.2) is 64.5 Å². The van der Waals surface area contributed by atoms with E-state index in [1.54, 1.807) is 11.3 Å². The minimum atomic E-state index is -0.0636. The van der Waals surface area contributed by atoms with Crippen LogP contribution in [0.4, 0.5) is 10.5 Å². The first kappa shape index (κ1) is 17.2. The lowest BCUT2D eigenvalue weighted by atomic mass is 10.2. The molecule has 0 unspecified atom stereocenters. The van der Waals surface area contributed by atoms with Gasteiger partial charge in [0, 0.05) is 27.6 Å². The third kappa shape index (κ3) is 3.66. The maximum absolute atomic E-state index is 12.7. The van der Waals surface area contributed by atoms with Gasteiger partial charge in [0.2, 0.25) is 0 Å². The van der Waals surface area contributed by atoms with E-state index in [1.165, 1.54) is 0 Å². The summed E-state index contributed by atoms with van der Waals surface area (Å²) in [5, 5.41) is 6.08. The van der Waals surface area contributed by atoms with Crippen LogP contribution >= 0.6 is 27.3 Å². The summed E-state index contributed by atoms with van der Waals surface area (Å²) in [6.45, 7) is 0.757. The van der Waals surface area contributed by atoms with Gasteiger partial charge in [0.25, 0.3) is 0 Å². The van der Waals surface area contributed by atoms with Crippen LogP contribution in [0.25, 0.3) is 11.3 Å². The van der Waals surface area contributed by atoms with Crippen molar-refractivity contribution in [1.29, 1.82) is 0 Å². The number of thiazole rings is 1. The third-order valence-electron chi connectivity index (χ3n) is 4.49. The second-order valence-corrected chi connectivity index (χ2v) is 8.03. The smallest absolute Gasteiger partial charge is 0.315 e. The summed E-state index contributed by atoms with van der Waals surface area (Å²) in [7, 11) is 0. The van der Waals surface area contributed by atoms with Crippen molar-refractivity contribution in [2.45, 2.75) is 18.9 Å². The van der Waals surface area contributed by atoms with E-state index >= 15 is 0 Å². The molecular formula is C20H18BrN3OS. The van der Waals surface area contributed by atoms with Gasteiger partial charge in [0.15, 0.2) is 0 Å². The van der Waals surface area contributed by atoms with Crippen LogP contribution in [0, 0.1) is 0 Å². The van der Waals surface area contributed by atoms with Crippen LogP contribution < -0.4 is 5.32 Å². The van der Waals surface area contributed by atoms with E-state index in [2.05, 4.69) is 38.8 Å². The number of benzene rings is 2. The lowest BCUT2D eigenvalue weighted by molar-refractivity contribution is 0.207. The zero-order chi connectivity index (χ0) is 17.9. The highest BCUT2D eigenvalue weighted by atomic mass is 79.9. The number of nitrogens with one attached hydrogen (secondary N) is 1. The molecule has 1 fully saturated rings. The number of hydrogen-bond donors (Lipinski definition) is 1. The molecule has 3 aromatic rings. The fraction of sp³-hybridized carbons (Fsp3) is 0.200. The van der Waals surface area contributed by atoms with Gasteiger partial charge < -0.3 is 10.2 Å². The predicted molar refractivity (Wildman–Crippen MR) is 109 cm³/mol. The summed E-state index contributed by atoms with van der Waals surface area (Å²) < 4.78 is 0.991. The average molecular weight is 428 g/mol. The number of halogens is 1. The van der Waals surface area contributed by atoms with Crippen LogP contribution in [-0.2, 0) is 0 Å². The van der Waals surface area contributed by atoms with Crippen molar-refractivity contribution in [2.24, 2.45) is 0 Å². The molecule has 1 N–H and O–H groups in total. The summed E-state index contributed by atoms with van der Waals surface area (Å²) >= 11 is 5.04. The summed E-state index contributed by atoms with van der Waals surface area (Å²) in [6.07, 6.45) is 1.95. The first-order valence-electron chi connectivity index (χ1n) is 8.55. The summed E-state index contributed by atoms with van der Waals surface area (Å²) in [5.41, 5.74) is 2.89. The Morgan fingerprint density at radius 2 is 1.92 bits per heavy atom. The van der Waals surface area contributed by atoms with Crippen molar-refractivity contribution in [3.63, 3.8) is 0 Å². The number of carbonyl (C=O) groups is 1. The summed E-state index contributed by atoms with van der Waals surface area (Å²) in [6, 6.07) is 17.8. The summed E-state index contributed by atoms with van der Waals surface area (Å²) in [4.78, 5) is 19.4. The second-order valence-electron chi connectivity index (χ2n) is 6.23. The zero-order valence-electron chi connectivity index (χ0n) is 14.1. The molecule has 132 valence electrons. The van der Waals surface area contributed by atoms with E-state index in [1.807, 2.05) is 47.4 Å². The summed E-state index contributed by atoms with van der Waals surface area (Å²) in [5.74, 6) is 0. The molecule has 0 spiro atoms. The highest BCUT2D eigenvalue weighted by Gasteiger charge is 2.32. The Morgan fingerprint density at radius 1 is 1.15 bits per heavy atom. The van der Waals surface area contributed by atoms with Crippen molar-refractivity contribution in [1.82, 2.24) is 9.88 Å². The lowest BCUT2D eigenvalue weighted by Crippen LogP contribution is -2.34. The van der Waals surface area contributed by atoms with Crippen LogP contribution in [0.1, 0.15) is 23.9 Å². The molecule has 26 heavy (non-hydrogen) atoms. The van der Waals surface area contributed by atoms with Crippen LogP contribution in [0.5, 0.6) is 0 Å². The number of hydrogen-bond acceptors (Lipinski definition) is 3. The number of urea groups is 1. The van der Waals surface area contributed by atoms with Gasteiger partial charge in [0.1, 0.15) is 5.01 Å². The largest absolute Gasteiger partial charge is 0.322 e. The van der Waals surface area contributed by atoms with E-state index in [4.69, 9.17) is 4.98 Å². The first-order chi connectivity index (χ1) is 12.7. The molecule has 2 amide bonds. The molecule has 0 radical (unpaired) electrons.